The highest BCUT2D eigenvalue weighted by atomic mass is 19.4. The molecule has 0 radical (unpaired) electrons. The lowest BCUT2D eigenvalue weighted by Crippen LogP contribution is -2.55. The van der Waals surface area contributed by atoms with Gasteiger partial charge in [-0.1, -0.05) is 0 Å². The van der Waals surface area contributed by atoms with Crippen molar-refractivity contribution in [3.8, 4) is 5.75 Å². The Labute approximate surface area is 205 Å². The van der Waals surface area contributed by atoms with E-state index in [-0.39, 0.29) is 17.8 Å². The first kappa shape index (κ1) is 23.6. The van der Waals surface area contributed by atoms with E-state index in [9.17, 15) is 18.0 Å². The van der Waals surface area contributed by atoms with E-state index in [1.54, 1.807) is 23.6 Å². The first-order valence-electron chi connectivity index (χ1n) is 11.4. The van der Waals surface area contributed by atoms with Crippen LogP contribution in [0.4, 0.5) is 29.5 Å². The number of fused-ring (bicyclic) bond motifs is 1. The summed E-state index contributed by atoms with van der Waals surface area (Å²) in [6, 6.07) is 8.57. The number of urea groups is 1. The fourth-order valence-corrected chi connectivity index (χ4v) is 4.51. The molecule has 0 saturated carbocycles. The van der Waals surface area contributed by atoms with Crippen LogP contribution in [0.1, 0.15) is 23.7 Å². The molecule has 1 aliphatic carbocycles. The number of nitrogens with zero attached hydrogens (tertiary/aromatic N) is 5. The normalized spacial score (nSPS) is 17.4. The molecule has 1 aromatic carbocycles. The highest BCUT2D eigenvalue weighted by Gasteiger charge is 2.32. The van der Waals surface area contributed by atoms with Crippen molar-refractivity contribution < 1.29 is 22.7 Å². The van der Waals surface area contributed by atoms with Gasteiger partial charge in [-0.25, -0.2) is 14.8 Å². The van der Waals surface area contributed by atoms with Crippen molar-refractivity contribution in [2.75, 3.05) is 29.9 Å². The largest absolute Gasteiger partial charge is 0.573 e. The SMILES string of the molecule is C[C@H]1CN(c2ncnc3c2C=C(c2ccncc2)C3)CCN1C(=O)Nc1ccc(OC(F)(F)F)cc1. The third kappa shape index (κ3) is 5.09. The molecule has 1 N–H and O–H groups in total. The van der Waals surface area contributed by atoms with E-state index >= 15 is 0 Å². The number of rotatable bonds is 4. The molecule has 0 spiro atoms. The number of ether oxygens (including phenoxy) is 1. The fraction of sp³-hybridized carbons (Fsp3) is 0.280. The molecule has 11 heteroatoms. The molecule has 5 rings (SSSR count). The molecular formula is C25H23F3N6O2. The summed E-state index contributed by atoms with van der Waals surface area (Å²) in [4.78, 5) is 29.8. The molecule has 1 atom stereocenters. The highest BCUT2D eigenvalue weighted by molar-refractivity contribution is 5.91. The number of aromatic nitrogens is 3. The number of carbonyl (C=O) groups is 1. The van der Waals surface area contributed by atoms with Crippen molar-refractivity contribution in [2.45, 2.75) is 25.7 Å². The molecule has 1 saturated heterocycles. The van der Waals surface area contributed by atoms with E-state index in [4.69, 9.17) is 0 Å². The average molecular weight is 496 g/mol. The Morgan fingerprint density at radius 2 is 1.83 bits per heavy atom. The number of anilines is 2. The van der Waals surface area contributed by atoms with Crippen LogP contribution in [0.15, 0.2) is 55.1 Å². The van der Waals surface area contributed by atoms with E-state index in [0.717, 1.165) is 46.8 Å². The number of piperazine rings is 1. The lowest BCUT2D eigenvalue weighted by atomic mass is 10.1. The van der Waals surface area contributed by atoms with Crippen LogP contribution in [0.25, 0.3) is 11.6 Å². The number of benzene rings is 1. The highest BCUT2D eigenvalue weighted by Crippen LogP contribution is 2.35. The number of amides is 2. The predicted octanol–water partition coefficient (Wildman–Crippen LogP) is 4.61. The molecule has 2 amide bonds. The zero-order valence-electron chi connectivity index (χ0n) is 19.4. The minimum absolute atomic E-state index is 0.123. The van der Waals surface area contributed by atoms with Gasteiger partial charge in [0.05, 0.1) is 5.69 Å². The molecule has 0 bridgehead atoms. The summed E-state index contributed by atoms with van der Waals surface area (Å²) in [5, 5.41) is 2.74. The van der Waals surface area contributed by atoms with Crippen molar-refractivity contribution >= 4 is 29.2 Å². The van der Waals surface area contributed by atoms with E-state index in [1.807, 2.05) is 19.1 Å². The Hall–Kier alpha value is -4.15. The molecule has 1 fully saturated rings. The van der Waals surface area contributed by atoms with E-state index < -0.39 is 6.36 Å². The summed E-state index contributed by atoms with van der Waals surface area (Å²) >= 11 is 0. The van der Waals surface area contributed by atoms with Gasteiger partial charge in [-0.05, 0) is 60.5 Å². The minimum Gasteiger partial charge on any atom is -0.406 e. The standard InChI is InChI=1S/C25H23F3N6O2/c1-16-14-33(23-21-12-18(13-22(21)30-15-31-23)17-6-8-29-9-7-17)10-11-34(16)24(35)32-19-2-4-20(5-3-19)36-25(26,27)28/h2-9,12,15-16H,10-11,13-14H2,1H3,(H,32,35)/t16-/m0/s1. The van der Waals surface area contributed by atoms with Gasteiger partial charge >= 0.3 is 12.4 Å². The Balaban J connectivity index is 1.24. The summed E-state index contributed by atoms with van der Waals surface area (Å²) in [5.74, 6) is 0.497. The van der Waals surface area contributed by atoms with E-state index in [0.29, 0.717) is 25.3 Å². The topological polar surface area (TPSA) is 83.5 Å². The van der Waals surface area contributed by atoms with E-state index in [1.165, 1.54) is 12.1 Å². The second-order valence-electron chi connectivity index (χ2n) is 8.63. The number of nitrogens with one attached hydrogen (secondary N) is 1. The van der Waals surface area contributed by atoms with Crippen LogP contribution in [-0.4, -0.2) is 57.9 Å². The quantitative estimate of drug-likeness (QED) is 0.568. The van der Waals surface area contributed by atoms with Gasteiger partial charge in [-0.2, -0.15) is 0 Å². The molecule has 0 unspecified atom stereocenters. The summed E-state index contributed by atoms with van der Waals surface area (Å²) in [5.41, 5.74) is 4.60. The number of allylic oxidation sites excluding steroid dienone is 1. The summed E-state index contributed by atoms with van der Waals surface area (Å²) in [6.45, 7) is 3.57. The van der Waals surface area contributed by atoms with Gasteiger partial charge < -0.3 is 19.9 Å². The minimum atomic E-state index is -4.76. The molecule has 8 nitrogen and oxygen atoms in total. The van der Waals surface area contributed by atoms with Gasteiger partial charge in [0, 0.05) is 55.7 Å². The number of halogens is 3. The van der Waals surface area contributed by atoms with Crippen molar-refractivity contribution in [3.63, 3.8) is 0 Å². The molecule has 186 valence electrons. The van der Waals surface area contributed by atoms with Crippen LogP contribution in [0.5, 0.6) is 5.75 Å². The second-order valence-corrected chi connectivity index (χ2v) is 8.63. The van der Waals surface area contributed by atoms with Gasteiger partial charge in [0.1, 0.15) is 17.9 Å². The molecule has 3 aromatic rings. The van der Waals surface area contributed by atoms with Crippen LogP contribution in [0, 0.1) is 0 Å². The lowest BCUT2D eigenvalue weighted by molar-refractivity contribution is -0.274. The van der Waals surface area contributed by atoms with Crippen LogP contribution >= 0.6 is 0 Å². The van der Waals surface area contributed by atoms with Crippen LogP contribution in [-0.2, 0) is 6.42 Å². The third-order valence-electron chi connectivity index (χ3n) is 6.20. The molecule has 1 aliphatic heterocycles. The Morgan fingerprint density at radius 3 is 2.53 bits per heavy atom. The summed E-state index contributed by atoms with van der Waals surface area (Å²) < 4.78 is 40.9. The maximum atomic E-state index is 12.9. The number of hydrogen-bond donors (Lipinski definition) is 1. The van der Waals surface area contributed by atoms with Gasteiger partial charge in [-0.3, -0.25) is 4.98 Å². The number of alkyl halides is 3. The average Bonchev–Trinajstić information content (AvgIpc) is 3.29. The number of hydrogen-bond acceptors (Lipinski definition) is 6. The second kappa shape index (κ2) is 9.48. The van der Waals surface area contributed by atoms with Gasteiger partial charge in [0.25, 0.3) is 0 Å². The van der Waals surface area contributed by atoms with Crippen molar-refractivity contribution in [1.29, 1.82) is 0 Å². The summed E-state index contributed by atoms with van der Waals surface area (Å²) in [7, 11) is 0. The zero-order chi connectivity index (χ0) is 25.3. The maximum Gasteiger partial charge on any atom is 0.573 e. The van der Waals surface area contributed by atoms with Gasteiger partial charge in [0.2, 0.25) is 0 Å². The van der Waals surface area contributed by atoms with Crippen molar-refractivity contribution in [2.24, 2.45) is 0 Å². The molecular weight excluding hydrogens is 473 g/mol. The van der Waals surface area contributed by atoms with Crippen LogP contribution < -0.4 is 15.0 Å². The number of pyridine rings is 1. The molecule has 2 aliphatic rings. The molecule has 2 aromatic heterocycles. The first-order chi connectivity index (χ1) is 17.3. The monoisotopic (exact) mass is 496 g/mol. The zero-order valence-corrected chi connectivity index (χ0v) is 19.4. The Morgan fingerprint density at radius 1 is 1.08 bits per heavy atom. The lowest BCUT2D eigenvalue weighted by Gasteiger charge is -2.40. The van der Waals surface area contributed by atoms with Crippen LogP contribution in [0.3, 0.4) is 0 Å². The van der Waals surface area contributed by atoms with Gasteiger partial charge in [-0.15, -0.1) is 13.2 Å². The van der Waals surface area contributed by atoms with Crippen molar-refractivity contribution in [3.05, 3.63) is 71.9 Å². The smallest absolute Gasteiger partial charge is 0.406 e. The maximum absolute atomic E-state index is 12.9. The van der Waals surface area contributed by atoms with E-state index in [2.05, 4.69) is 36.0 Å². The van der Waals surface area contributed by atoms with Crippen molar-refractivity contribution in [1.82, 2.24) is 19.9 Å². The molecule has 36 heavy (non-hydrogen) atoms. The first-order valence-corrected chi connectivity index (χ1v) is 11.4. The fourth-order valence-electron chi connectivity index (χ4n) is 4.51. The van der Waals surface area contributed by atoms with Gasteiger partial charge in [0.15, 0.2) is 0 Å². The Kier molecular flexibility index (Phi) is 6.21. The van der Waals surface area contributed by atoms with Crippen LogP contribution in [0.2, 0.25) is 0 Å². The molecule has 3 heterocycles. The predicted molar refractivity (Wildman–Crippen MR) is 128 cm³/mol. The summed E-state index contributed by atoms with van der Waals surface area (Å²) in [6.07, 6.45) is 3.19. The third-order valence-corrected chi connectivity index (χ3v) is 6.20. The Bertz CT molecular complexity index is 1280. The number of carbonyl (C=O) groups excluding carboxylic acids is 1.